The van der Waals surface area contributed by atoms with E-state index in [1.165, 1.54) is 0 Å². The van der Waals surface area contributed by atoms with E-state index in [0.717, 1.165) is 35.4 Å². The molecule has 1 saturated heterocycles. The number of nitrogens with one attached hydrogen (secondary N) is 1. The van der Waals surface area contributed by atoms with Gasteiger partial charge in [0.05, 0.1) is 28.9 Å². The van der Waals surface area contributed by atoms with Crippen LogP contribution >= 0.6 is 0 Å². The fourth-order valence-corrected chi connectivity index (χ4v) is 2.91. The summed E-state index contributed by atoms with van der Waals surface area (Å²) in [6.45, 7) is 2.88. The predicted molar refractivity (Wildman–Crippen MR) is 92.0 cm³/mol. The fraction of sp³-hybridized carbons (Fsp3) is 0.333. The number of rotatable bonds is 4. The molecule has 0 unspecified atom stereocenters. The molecule has 3 aromatic heterocycles. The van der Waals surface area contributed by atoms with Crippen LogP contribution in [-0.4, -0.2) is 46.9 Å². The second-order valence-electron chi connectivity index (χ2n) is 5.89. The van der Waals surface area contributed by atoms with Gasteiger partial charge in [0.25, 0.3) is 0 Å². The van der Waals surface area contributed by atoms with Gasteiger partial charge in [0.1, 0.15) is 12.7 Å². The van der Waals surface area contributed by atoms with Gasteiger partial charge in [-0.15, -0.1) is 0 Å². The molecule has 0 aromatic carbocycles. The number of hydrogen-bond donors (Lipinski definition) is 1. The van der Waals surface area contributed by atoms with Gasteiger partial charge in [-0.05, 0) is 30.3 Å². The van der Waals surface area contributed by atoms with E-state index in [1.807, 2.05) is 48.1 Å². The molecule has 1 N–H and O–H groups in total. The first-order valence-electron chi connectivity index (χ1n) is 8.14. The minimum absolute atomic E-state index is 0.0472. The van der Waals surface area contributed by atoms with Crippen LogP contribution in [0.15, 0.2) is 42.7 Å². The molecule has 1 aliphatic heterocycles. The summed E-state index contributed by atoms with van der Waals surface area (Å²) in [5, 5.41) is 4.22. The van der Waals surface area contributed by atoms with Crippen LogP contribution in [0.25, 0.3) is 22.3 Å². The molecular weight excluding hydrogens is 304 g/mol. The lowest BCUT2D eigenvalue weighted by Crippen LogP contribution is -2.41. The summed E-state index contributed by atoms with van der Waals surface area (Å²) in [6, 6.07) is 9.92. The quantitative estimate of drug-likeness (QED) is 0.795. The number of nitrogens with zero attached hydrogens (tertiary/aromatic N) is 3. The van der Waals surface area contributed by atoms with E-state index in [4.69, 9.17) is 14.5 Å². The Morgan fingerprint density at radius 3 is 3.12 bits per heavy atom. The Kier molecular flexibility index (Phi) is 4.15. The van der Waals surface area contributed by atoms with Crippen molar-refractivity contribution < 1.29 is 9.47 Å². The molecule has 0 saturated carbocycles. The Labute approximate surface area is 140 Å². The number of aromatic nitrogens is 3. The van der Waals surface area contributed by atoms with Crippen LogP contribution in [0.4, 0.5) is 0 Å². The van der Waals surface area contributed by atoms with Crippen LogP contribution in [0.1, 0.15) is 0 Å². The van der Waals surface area contributed by atoms with Crippen molar-refractivity contribution in [2.24, 2.45) is 7.05 Å². The SMILES string of the molecule is Cn1cccc1-c1cc2ncccc2c(OC[C@@H]2CNCCO2)n1. The molecule has 124 valence electrons. The molecule has 24 heavy (non-hydrogen) atoms. The number of hydrogen-bond acceptors (Lipinski definition) is 5. The topological polar surface area (TPSA) is 61.2 Å². The number of pyridine rings is 2. The third kappa shape index (κ3) is 2.98. The van der Waals surface area contributed by atoms with Gasteiger partial charge >= 0.3 is 0 Å². The molecular formula is C18H20N4O2. The maximum Gasteiger partial charge on any atom is 0.223 e. The van der Waals surface area contributed by atoms with E-state index in [-0.39, 0.29) is 6.10 Å². The smallest absolute Gasteiger partial charge is 0.223 e. The summed E-state index contributed by atoms with van der Waals surface area (Å²) in [4.78, 5) is 9.19. The van der Waals surface area contributed by atoms with Crippen LogP contribution in [0.5, 0.6) is 5.88 Å². The standard InChI is InChI=1S/C18H20N4O2/c1-22-8-3-5-17(22)16-10-15-14(4-2-6-20-15)18(21-16)24-12-13-11-19-7-9-23-13/h2-6,8,10,13,19H,7,9,11-12H2,1H3/t13-/m0/s1. The first-order valence-corrected chi connectivity index (χ1v) is 8.14. The summed E-state index contributed by atoms with van der Waals surface area (Å²) in [5.41, 5.74) is 2.76. The first kappa shape index (κ1) is 15.1. The van der Waals surface area contributed by atoms with Crippen molar-refractivity contribution in [3.05, 3.63) is 42.7 Å². The highest BCUT2D eigenvalue weighted by atomic mass is 16.5. The van der Waals surface area contributed by atoms with Gasteiger partial charge in [0.15, 0.2) is 0 Å². The second kappa shape index (κ2) is 6.59. The predicted octanol–water partition coefficient (Wildman–Crippen LogP) is 2.00. The molecule has 0 spiro atoms. The zero-order chi connectivity index (χ0) is 16.4. The van der Waals surface area contributed by atoms with Gasteiger partial charge in [0, 0.05) is 32.5 Å². The van der Waals surface area contributed by atoms with Gasteiger partial charge in [-0.1, -0.05) is 0 Å². The van der Waals surface area contributed by atoms with Crippen LogP contribution in [0, 0.1) is 0 Å². The van der Waals surface area contributed by atoms with Gasteiger partial charge < -0.3 is 19.4 Å². The van der Waals surface area contributed by atoms with Gasteiger partial charge in [-0.3, -0.25) is 4.98 Å². The Morgan fingerprint density at radius 2 is 2.33 bits per heavy atom. The fourth-order valence-electron chi connectivity index (χ4n) is 2.91. The Bertz CT molecular complexity index is 840. The van der Waals surface area contributed by atoms with Crippen molar-refractivity contribution in [2.75, 3.05) is 26.3 Å². The lowest BCUT2D eigenvalue weighted by molar-refractivity contribution is -0.000367. The normalized spacial score (nSPS) is 18.0. The molecule has 4 heterocycles. The molecule has 0 aliphatic carbocycles. The van der Waals surface area contributed by atoms with Crippen LogP contribution < -0.4 is 10.1 Å². The summed E-state index contributed by atoms with van der Waals surface area (Å²) >= 11 is 0. The van der Waals surface area contributed by atoms with E-state index in [9.17, 15) is 0 Å². The lowest BCUT2D eigenvalue weighted by Gasteiger charge is -2.23. The highest BCUT2D eigenvalue weighted by Crippen LogP contribution is 2.28. The molecule has 6 heteroatoms. The third-order valence-corrected chi connectivity index (χ3v) is 4.18. The van der Waals surface area contributed by atoms with Gasteiger partial charge in [0.2, 0.25) is 5.88 Å². The number of morpholine rings is 1. The average molecular weight is 324 g/mol. The molecule has 3 aromatic rings. The number of aryl methyl sites for hydroxylation is 1. The maximum atomic E-state index is 6.01. The summed E-state index contributed by atoms with van der Waals surface area (Å²) in [6.07, 6.45) is 3.84. The van der Waals surface area contributed by atoms with Crippen molar-refractivity contribution in [1.29, 1.82) is 0 Å². The zero-order valence-corrected chi connectivity index (χ0v) is 13.6. The number of ether oxygens (including phenoxy) is 2. The van der Waals surface area contributed by atoms with E-state index in [2.05, 4.69) is 10.3 Å². The molecule has 1 aliphatic rings. The molecule has 0 bridgehead atoms. The minimum atomic E-state index is 0.0472. The summed E-state index contributed by atoms with van der Waals surface area (Å²) in [7, 11) is 2.00. The molecule has 1 fully saturated rings. The largest absolute Gasteiger partial charge is 0.474 e. The van der Waals surface area contributed by atoms with E-state index >= 15 is 0 Å². The van der Waals surface area contributed by atoms with E-state index in [1.54, 1.807) is 6.20 Å². The zero-order valence-electron chi connectivity index (χ0n) is 13.6. The minimum Gasteiger partial charge on any atom is -0.474 e. The van der Waals surface area contributed by atoms with Gasteiger partial charge in [-0.2, -0.15) is 0 Å². The molecule has 0 radical (unpaired) electrons. The average Bonchev–Trinajstić information content (AvgIpc) is 3.06. The summed E-state index contributed by atoms with van der Waals surface area (Å²) in [5.74, 6) is 0.603. The van der Waals surface area contributed by atoms with Crippen molar-refractivity contribution in [2.45, 2.75) is 6.10 Å². The molecule has 0 amide bonds. The third-order valence-electron chi connectivity index (χ3n) is 4.18. The molecule has 1 atom stereocenters. The second-order valence-corrected chi connectivity index (χ2v) is 5.89. The maximum absolute atomic E-state index is 6.01. The molecule has 4 rings (SSSR count). The first-order chi connectivity index (χ1) is 11.8. The monoisotopic (exact) mass is 324 g/mol. The number of fused-ring (bicyclic) bond motifs is 1. The van der Waals surface area contributed by atoms with Crippen molar-refractivity contribution >= 4 is 10.9 Å². The van der Waals surface area contributed by atoms with Crippen molar-refractivity contribution in [3.8, 4) is 17.3 Å². The van der Waals surface area contributed by atoms with Crippen molar-refractivity contribution in [3.63, 3.8) is 0 Å². The lowest BCUT2D eigenvalue weighted by atomic mass is 10.2. The van der Waals surface area contributed by atoms with Crippen LogP contribution in [0.2, 0.25) is 0 Å². The van der Waals surface area contributed by atoms with Crippen molar-refractivity contribution in [1.82, 2.24) is 19.9 Å². The van der Waals surface area contributed by atoms with Crippen LogP contribution in [0.3, 0.4) is 0 Å². The van der Waals surface area contributed by atoms with E-state index in [0.29, 0.717) is 19.1 Å². The molecule has 6 nitrogen and oxygen atoms in total. The van der Waals surface area contributed by atoms with Crippen LogP contribution in [-0.2, 0) is 11.8 Å². The Balaban J connectivity index is 1.68. The Morgan fingerprint density at radius 1 is 1.38 bits per heavy atom. The van der Waals surface area contributed by atoms with E-state index < -0.39 is 0 Å². The van der Waals surface area contributed by atoms with Gasteiger partial charge in [-0.25, -0.2) is 4.98 Å². The summed E-state index contributed by atoms with van der Waals surface area (Å²) < 4.78 is 13.7. The highest BCUT2D eigenvalue weighted by molar-refractivity contribution is 5.86. The highest BCUT2D eigenvalue weighted by Gasteiger charge is 2.16. The Hall–Kier alpha value is -2.44.